The third-order valence-electron chi connectivity index (χ3n) is 1.20. The Morgan fingerprint density at radius 3 is 2.70 bits per heavy atom. The average Bonchev–Trinajstić information content (AvgIpc) is 1.88. The van der Waals surface area contributed by atoms with E-state index in [1.807, 2.05) is 6.08 Å². The quantitative estimate of drug-likeness (QED) is 0.360. The van der Waals surface area contributed by atoms with E-state index in [0.29, 0.717) is 5.57 Å². The maximum absolute atomic E-state index is 10.4. The molecule has 0 aliphatic carbocycles. The highest BCUT2D eigenvalue weighted by molar-refractivity contribution is 7.80. The van der Waals surface area contributed by atoms with E-state index in [1.54, 1.807) is 6.92 Å². The van der Waals surface area contributed by atoms with Crippen LogP contribution in [0.25, 0.3) is 0 Å². The summed E-state index contributed by atoms with van der Waals surface area (Å²) in [5.41, 5.74) is 5.63. The van der Waals surface area contributed by atoms with Crippen molar-refractivity contribution in [3.63, 3.8) is 0 Å². The van der Waals surface area contributed by atoms with Crippen LogP contribution in [0.3, 0.4) is 0 Å². The Morgan fingerprint density at radius 1 is 1.70 bits per heavy atom. The smallest absolute Gasteiger partial charge is 0.244 e. The van der Waals surface area contributed by atoms with Crippen molar-refractivity contribution in [2.75, 3.05) is 5.75 Å². The van der Waals surface area contributed by atoms with Gasteiger partial charge in [-0.25, -0.2) is 0 Å². The SMILES string of the molecule is C/C(=C\CCCS)C(N)=O. The number of nitrogens with two attached hydrogens (primary N) is 1. The molecule has 10 heavy (non-hydrogen) atoms. The lowest BCUT2D eigenvalue weighted by Gasteiger charge is -1.92. The van der Waals surface area contributed by atoms with E-state index in [1.165, 1.54) is 0 Å². The average molecular weight is 159 g/mol. The molecule has 1 amide bonds. The highest BCUT2D eigenvalue weighted by Crippen LogP contribution is 1.98. The van der Waals surface area contributed by atoms with Crippen molar-refractivity contribution < 1.29 is 4.79 Å². The second-order valence-corrected chi connectivity index (χ2v) is 2.56. The number of rotatable bonds is 4. The molecule has 0 saturated carbocycles. The van der Waals surface area contributed by atoms with Crippen molar-refractivity contribution in [2.45, 2.75) is 19.8 Å². The minimum atomic E-state index is -0.334. The van der Waals surface area contributed by atoms with Crippen LogP contribution in [0.15, 0.2) is 11.6 Å². The zero-order valence-electron chi connectivity index (χ0n) is 6.13. The second-order valence-electron chi connectivity index (χ2n) is 2.12. The summed E-state index contributed by atoms with van der Waals surface area (Å²) in [6, 6.07) is 0. The van der Waals surface area contributed by atoms with E-state index < -0.39 is 0 Å². The first kappa shape index (κ1) is 9.56. The molecule has 0 heterocycles. The Kier molecular flexibility index (Phi) is 5.12. The molecule has 0 atom stereocenters. The Labute approximate surface area is 66.9 Å². The predicted octanol–water partition coefficient (Wildman–Crippen LogP) is 1.13. The highest BCUT2D eigenvalue weighted by atomic mass is 32.1. The van der Waals surface area contributed by atoms with Crippen LogP contribution in [0.5, 0.6) is 0 Å². The van der Waals surface area contributed by atoms with Crippen LogP contribution < -0.4 is 5.73 Å². The first-order chi connectivity index (χ1) is 4.68. The fraction of sp³-hybridized carbons (Fsp3) is 0.571. The van der Waals surface area contributed by atoms with E-state index in [2.05, 4.69) is 12.6 Å². The number of carbonyl (C=O) groups is 1. The van der Waals surface area contributed by atoms with Crippen molar-refractivity contribution in [3.05, 3.63) is 11.6 Å². The van der Waals surface area contributed by atoms with E-state index in [9.17, 15) is 4.79 Å². The third-order valence-corrected chi connectivity index (χ3v) is 1.52. The fourth-order valence-electron chi connectivity index (χ4n) is 0.510. The lowest BCUT2D eigenvalue weighted by molar-refractivity contribution is -0.114. The van der Waals surface area contributed by atoms with Crippen LogP contribution in [0.1, 0.15) is 19.8 Å². The standard InChI is InChI=1S/C7H13NOS/c1-6(7(8)9)4-2-3-5-10/h4,10H,2-3,5H2,1H3,(H2,8,9)/b6-4+. The van der Waals surface area contributed by atoms with Gasteiger partial charge in [0.25, 0.3) is 0 Å². The van der Waals surface area contributed by atoms with Crippen LogP contribution in [0.4, 0.5) is 0 Å². The van der Waals surface area contributed by atoms with Gasteiger partial charge in [-0.1, -0.05) is 6.08 Å². The number of primary amides is 1. The Balaban J connectivity index is 3.58. The Morgan fingerprint density at radius 2 is 2.30 bits per heavy atom. The fourth-order valence-corrected chi connectivity index (χ4v) is 0.693. The molecule has 58 valence electrons. The molecule has 0 aromatic carbocycles. The number of carbonyl (C=O) groups excluding carboxylic acids is 1. The molecule has 0 bridgehead atoms. The molecule has 0 unspecified atom stereocenters. The topological polar surface area (TPSA) is 43.1 Å². The van der Waals surface area contributed by atoms with Gasteiger partial charge in [0.1, 0.15) is 0 Å². The molecule has 0 aromatic heterocycles. The van der Waals surface area contributed by atoms with Gasteiger partial charge in [-0.3, -0.25) is 4.79 Å². The minimum Gasteiger partial charge on any atom is -0.366 e. The van der Waals surface area contributed by atoms with Gasteiger partial charge in [0, 0.05) is 5.57 Å². The van der Waals surface area contributed by atoms with Gasteiger partial charge in [-0.15, -0.1) is 0 Å². The summed E-state index contributed by atoms with van der Waals surface area (Å²) in [5.74, 6) is 0.516. The van der Waals surface area contributed by atoms with Crippen LogP contribution in [0.2, 0.25) is 0 Å². The molecule has 0 fully saturated rings. The molecular formula is C7H13NOS. The summed E-state index contributed by atoms with van der Waals surface area (Å²) in [7, 11) is 0. The molecule has 0 rings (SSSR count). The molecule has 2 nitrogen and oxygen atoms in total. The van der Waals surface area contributed by atoms with E-state index >= 15 is 0 Å². The molecule has 3 heteroatoms. The van der Waals surface area contributed by atoms with Crippen LogP contribution in [0, 0.1) is 0 Å². The predicted molar refractivity (Wildman–Crippen MR) is 46.0 cm³/mol. The molecule has 0 aromatic rings. The molecule has 0 spiro atoms. The third kappa shape index (κ3) is 4.44. The van der Waals surface area contributed by atoms with Crippen LogP contribution in [-0.4, -0.2) is 11.7 Å². The zero-order valence-corrected chi connectivity index (χ0v) is 7.03. The summed E-state index contributed by atoms with van der Waals surface area (Å²) < 4.78 is 0. The second kappa shape index (κ2) is 5.35. The van der Waals surface area contributed by atoms with Gasteiger partial charge in [-0.05, 0) is 25.5 Å². The number of unbranched alkanes of at least 4 members (excludes halogenated alkanes) is 1. The molecular weight excluding hydrogens is 146 g/mol. The number of thiol groups is 1. The monoisotopic (exact) mass is 159 g/mol. The van der Waals surface area contributed by atoms with Crippen molar-refractivity contribution >= 4 is 18.5 Å². The van der Waals surface area contributed by atoms with Crippen molar-refractivity contribution in [2.24, 2.45) is 5.73 Å². The summed E-state index contributed by atoms with van der Waals surface area (Å²) in [5, 5.41) is 0. The normalized spacial score (nSPS) is 11.6. The summed E-state index contributed by atoms with van der Waals surface area (Å²) >= 11 is 4.03. The van der Waals surface area contributed by atoms with Crippen molar-refractivity contribution in [1.29, 1.82) is 0 Å². The van der Waals surface area contributed by atoms with Crippen LogP contribution >= 0.6 is 12.6 Å². The zero-order chi connectivity index (χ0) is 7.98. The molecule has 0 aliphatic rings. The van der Waals surface area contributed by atoms with Crippen molar-refractivity contribution in [1.82, 2.24) is 0 Å². The maximum atomic E-state index is 10.4. The molecule has 2 N–H and O–H groups in total. The van der Waals surface area contributed by atoms with E-state index in [4.69, 9.17) is 5.73 Å². The summed E-state index contributed by atoms with van der Waals surface area (Å²) in [4.78, 5) is 10.4. The molecule has 0 aliphatic heterocycles. The maximum Gasteiger partial charge on any atom is 0.244 e. The van der Waals surface area contributed by atoms with Gasteiger partial charge in [0.05, 0.1) is 0 Å². The van der Waals surface area contributed by atoms with Crippen LogP contribution in [-0.2, 0) is 4.79 Å². The van der Waals surface area contributed by atoms with Gasteiger partial charge >= 0.3 is 0 Å². The minimum absolute atomic E-state index is 0.334. The van der Waals surface area contributed by atoms with Gasteiger partial charge in [0.15, 0.2) is 0 Å². The summed E-state index contributed by atoms with van der Waals surface area (Å²) in [6.45, 7) is 1.72. The van der Waals surface area contributed by atoms with Gasteiger partial charge in [-0.2, -0.15) is 12.6 Å². The first-order valence-corrected chi connectivity index (χ1v) is 3.89. The van der Waals surface area contributed by atoms with Gasteiger partial charge < -0.3 is 5.73 Å². The summed E-state index contributed by atoms with van der Waals surface area (Å²) in [6.07, 6.45) is 3.73. The van der Waals surface area contributed by atoms with E-state index in [-0.39, 0.29) is 5.91 Å². The molecule has 0 radical (unpaired) electrons. The van der Waals surface area contributed by atoms with Gasteiger partial charge in [0.2, 0.25) is 5.91 Å². The van der Waals surface area contributed by atoms with E-state index in [0.717, 1.165) is 18.6 Å². The molecule has 0 saturated heterocycles. The number of hydrogen-bond donors (Lipinski definition) is 2. The highest BCUT2D eigenvalue weighted by Gasteiger charge is 1.93. The number of hydrogen-bond acceptors (Lipinski definition) is 2. The number of amides is 1. The lowest BCUT2D eigenvalue weighted by Crippen LogP contribution is -2.11. The first-order valence-electron chi connectivity index (χ1n) is 3.26. The lowest BCUT2D eigenvalue weighted by atomic mass is 10.2. The largest absolute Gasteiger partial charge is 0.366 e. The Bertz CT molecular complexity index is 143. The van der Waals surface area contributed by atoms with Crippen molar-refractivity contribution in [3.8, 4) is 0 Å². The Hall–Kier alpha value is -0.440. The number of allylic oxidation sites excluding steroid dienone is 1.